The zero-order valence-electron chi connectivity index (χ0n) is 11.7. The first kappa shape index (κ1) is 14.6. The second-order valence-electron chi connectivity index (χ2n) is 5.80. The van der Waals surface area contributed by atoms with Crippen molar-refractivity contribution >= 4 is 28.5 Å². The molecule has 0 spiro atoms. The van der Waals surface area contributed by atoms with Crippen molar-refractivity contribution in [2.75, 3.05) is 20.2 Å². The average Bonchev–Trinajstić information content (AvgIpc) is 2.37. The molecule has 0 saturated carbocycles. The number of piperidine rings is 1. The molecule has 1 saturated heterocycles. The minimum absolute atomic E-state index is 0.0868. The van der Waals surface area contributed by atoms with Gasteiger partial charge in [-0.15, -0.1) is 0 Å². The van der Waals surface area contributed by atoms with E-state index in [0.29, 0.717) is 16.7 Å². The maximum absolute atomic E-state index is 12.5. The number of ether oxygens (including phenoxy) is 1. The average molecular weight is 373 g/mol. The molecule has 4 heteroatoms. The molecule has 104 valence electrons. The van der Waals surface area contributed by atoms with Crippen LogP contribution in [0.2, 0.25) is 0 Å². The number of methoxy groups -OCH3 is 1. The van der Waals surface area contributed by atoms with E-state index in [4.69, 9.17) is 4.74 Å². The van der Waals surface area contributed by atoms with Crippen molar-refractivity contribution in [1.29, 1.82) is 0 Å². The van der Waals surface area contributed by atoms with Crippen LogP contribution in [0.25, 0.3) is 0 Å². The van der Waals surface area contributed by atoms with Crippen molar-refractivity contribution in [1.82, 2.24) is 4.90 Å². The summed E-state index contributed by atoms with van der Waals surface area (Å²) < 4.78 is 6.40. The number of benzene rings is 1. The van der Waals surface area contributed by atoms with Crippen LogP contribution in [-0.2, 0) is 0 Å². The number of nitrogens with zero attached hydrogens (tertiary/aromatic N) is 1. The van der Waals surface area contributed by atoms with Gasteiger partial charge in [-0.2, -0.15) is 0 Å². The van der Waals surface area contributed by atoms with Gasteiger partial charge in [0.15, 0.2) is 0 Å². The highest BCUT2D eigenvalue weighted by Crippen LogP contribution is 2.31. The van der Waals surface area contributed by atoms with Gasteiger partial charge in [0.05, 0.1) is 12.7 Å². The lowest BCUT2D eigenvalue weighted by Crippen LogP contribution is -2.41. The molecule has 0 aromatic heterocycles. The summed E-state index contributed by atoms with van der Waals surface area (Å²) in [5, 5.41) is 0. The van der Waals surface area contributed by atoms with Crippen molar-refractivity contribution < 1.29 is 9.53 Å². The summed E-state index contributed by atoms with van der Waals surface area (Å²) in [5.41, 5.74) is 1.02. The van der Waals surface area contributed by atoms with E-state index in [9.17, 15) is 4.79 Å². The number of amides is 1. The summed E-state index contributed by atoms with van der Waals surface area (Å²) in [6, 6.07) is 5.72. The lowest BCUT2D eigenvalue weighted by atomic mass is 9.82. The van der Waals surface area contributed by atoms with Crippen molar-refractivity contribution in [3.05, 3.63) is 27.3 Å². The Morgan fingerprint density at radius 2 is 1.95 bits per heavy atom. The van der Waals surface area contributed by atoms with Gasteiger partial charge in [0.1, 0.15) is 5.75 Å². The second-order valence-corrected chi connectivity index (χ2v) is 7.05. The number of likely N-dealkylation sites (tertiary alicyclic amines) is 1. The van der Waals surface area contributed by atoms with Gasteiger partial charge in [-0.25, -0.2) is 0 Å². The molecule has 0 aliphatic carbocycles. The standard InChI is InChI=1S/C15H20INO2/c1-15(2)6-8-17(9-7-15)14(18)12-5-4-11(16)10-13(12)19-3/h4-5,10H,6-9H2,1-3H3. The van der Waals surface area contributed by atoms with E-state index in [1.165, 1.54) is 0 Å². The first-order valence-corrected chi connectivity index (χ1v) is 7.64. The summed E-state index contributed by atoms with van der Waals surface area (Å²) in [4.78, 5) is 14.5. The first-order valence-electron chi connectivity index (χ1n) is 6.56. The maximum Gasteiger partial charge on any atom is 0.257 e. The Bertz CT molecular complexity index is 475. The molecule has 0 bridgehead atoms. The molecule has 19 heavy (non-hydrogen) atoms. The highest BCUT2D eigenvalue weighted by Gasteiger charge is 2.29. The van der Waals surface area contributed by atoms with E-state index in [-0.39, 0.29) is 5.91 Å². The number of hydrogen-bond acceptors (Lipinski definition) is 2. The van der Waals surface area contributed by atoms with Gasteiger partial charge in [0.2, 0.25) is 0 Å². The highest BCUT2D eigenvalue weighted by atomic mass is 127. The Hall–Kier alpha value is -0.780. The van der Waals surface area contributed by atoms with Gasteiger partial charge >= 0.3 is 0 Å². The third kappa shape index (κ3) is 3.41. The topological polar surface area (TPSA) is 29.5 Å². The van der Waals surface area contributed by atoms with Crippen LogP contribution in [-0.4, -0.2) is 31.0 Å². The monoisotopic (exact) mass is 373 g/mol. The second kappa shape index (κ2) is 5.69. The van der Waals surface area contributed by atoms with Crippen molar-refractivity contribution in [3.8, 4) is 5.75 Å². The summed E-state index contributed by atoms with van der Waals surface area (Å²) in [7, 11) is 1.61. The lowest BCUT2D eigenvalue weighted by molar-refractivity contribution is 0.0627. The largest absolute Gasteiger partial charge is 0.496 e. The molecule has 1 aromatic carbocycles. The van der Waals surface area contributed by atoms with Crippen LogP contribution in [0, 0.1) is 8.99 Å². The first-order chi connectivity index (χ1) is 8.93. The molecular weight excluding hydrogens is 353 g/mol. The molecule has 2 rings (SSSR count). The minimum atomic E-state index is 0.0868. The fourth-order valence-electron chi connectivity index (χ4n) is 2.33. The highest BCUT2D eigenvalue weighted by molar-refractivity contribution is 14.1. The fourth-order valence-corrected chi connectivity index (χ4v) is 2.79. The molecule has 1 aromatic rings. The lowest BCUT2D eigenvalue weighted by Gasteiger charge is -2.37. The summed E-state index contributed by atoms with van der Waals surface area (Å²) >= 11 is 2.22. The van der Waals surface area contributed by atoms with E-state index in [1.807, 2.05) is 23.1 Å². The normalized spacial score (nSPS) is 18.2. The Balaban J connectivity index is 2.16. The zero-order chi connectivity index (χ0) is 14.0. The molecule has 0 N–H and O–H groups in total. The van der Waals surface area contributed by atoms with E-state index in [1.54, 1.807) is 7.11 Å². The predicted molar refractivity (Wildman–Crippen MR) is 84.6 cm³/mol. The predicted octanol–water partition coefficient (Wildman–Crippen LogP) is 3.56. The summed E-state index contributed by atoms with van der Waals surface area (Å²) in [6.45, 7) is 6.20. The van der Waals surface area contributed by atoms with Gasteiger partial charge in [-0.3, -0.25) is 4.79 Å². The molecule has 3 nitrogen and oxygen atoms in total. The molecular formula is C15H20INO2. The van der Waals surface area contributed by atoms with E-state index >= 15 is 0 Å². The number of halogens is 1. The Labute approximate surface area is 128 Å². The molecule has 0 atom stereocenters. The Morgan fingerprint density at radius 1 is 1.32 bits per heavy atom. The van der Waals surface area contributed by atoms with Crippen LogP contribution in [0.3, 0.4) is 0 Å². The number of carbonyl (C=O) groups is 1. The SMILES string of the molecule is COc1cc(I)ccc1C(=O)N1CCC(C)(C)CC1. The van der Waals surface area contributed by atoms with E-state index in [0.717, 1.165) is 29.5 Å². The molecule has 1 amide bonds. The van der Waals surface area contributed by atoms with Crippen molar-refractivity contribution in [2.45, 2.75) is 26.7 Å². The van der Waals surface area contributed by atoms with Gasteiger partial charge in [-0.05, 0) is 59.0 Å². The van der Waals surface area contributed by atoms with Gasteiger partial charge in [0.25, 0.3) is 5.91 Å². The number of hydrogen-bond donors (Lipinski definition) is 0. The number of carbonyl (C=O) groups excluding carboxylic acids is 1. The zero-order valence-corrected chi connectivity index (χ0v) is 13.9. The molecule has 0 radical (unpaired) electrons. The number of rotatable bonds is 2. The van der Waals surface area contributed by atoms with Crippen molar-refractivity contribution in [3.63, 3.8) is 0 Å². The smallest absolute Gasteiger partial charge is 0.257 e. The Kier molecular flexibility index (Phi) is 4.38. The van der Waals surface area contributed by atoms with Crippen LogP contribution in [0.5, 0.6) is 5.75 Å². The molecule has 1 heterocycles. The van der Waals surface area contributed by atoms with Gasteiger partial charge in [0, 0.05) is 16.7 Å². The van der Waals surface area contributed by atoms with Crippen LogP contribution in [0.1, 0.15) is 37.0 Å². The third-order valence-electron chi connectivity index (χ3n) is 3.80. The third-order valence-corrected chi connectivity index (χ3v) is 4.47. The summed E-state index contributed by atoms with van der Waals surface area (Å²) in [5.74, 6) is 0.755. The van der Waals surface area contributed by atoms with Crippen LogP contribution < -0.4 is 4.74 Å². The summed E-state index contributed by atoms with van der Waals surface area (Å²) in [6.07, 6.45) is 2.12. The minimum Gasteiger partial charge on any atom is -0.496 e. The van der Waals surface area contributed by atoms with Gasteiger partial charge < -0.3 is 9.64 Å². The quantitative estimate of drug-likeness (QED) is 0.742. The van der Waals surface area contributed by atoms with E-state index < -0.39 is 0 Å². The van der Waals surface area contributed by atoms with Crippen LogP contribution in [0.15, 0.2) is 18.2 Å². The van der Waals surface area contributed by atoms with Gasteiger partial charge in [-0.1, -0.05) is 13.8 Å². The van der Waals surface area contributed by atoms with E-state index in [2.05, 4.69) is 36.4 Å². The van der Waals surface area contributed by atoms with Crippen molar-refractivity contribution in [2.24, 2.45) is 5.41 Å². The Morgan fingerprint density at radius 3 is 2.53 bits per heavy atom. The maximum atomic E-state index is 12.5. The molecule has 0 unspecified atom stereocenters. The molecule has 1 aliphatic rings. The van der Waals surface area contributed by atoms with Crippen LogP contribution >= 0.6 is 22.6 Å². The fraction of sp³-hybridized carbons (Fsp3) is 0.533. The molecule has 1 aliphatic heterocycles. The molecule has 1 fully saturated rings. The van der Waals surface area contributed by atoms with Crippen LogP contribution in [0.4, 0.5) is 0 Å².